The van der Waals surface area contributed by atoms with Crippen LogP contribution in [0.15, 0.2) is 10.9 Å². The van der Waals surface area contributed by atoms with Crippen molar-refractivity contribution < 1.29 is 5.11 Å². The molecule has 1 fully saturated rings. The van der Waals surface area contributed by atoms with E-state index in [0.717, 1.165) is 25.1 Å². The smallest absolute Gasteiger partial charge is 0.0795 e. The summed E-state index contributed by atoms with van der Waals surface area (Å²) in [6, 6.07) is 0.411. The maximum atomic E-state index is 8.95. The molecule has 0 spiro atoms. The number of hydrogen-bond acceptors (Lipinski definition) is 4. The van der Waals surface area contributed by atoms with Crippen molar-refractivity contribution in [1.29, 1.82) is 0 Å². The predicted molar refractivity (Wildman–Crippen MR) is 52.7 cm³/mol. The van der Waals surface area contributed by atoms with E-state index < -0.39 is 0 Å². The van der Waals surface area contributed by atoms with Gasteiger partial charge in [-0.3, -0.25) is 0 Å². The van der Waals surface area contributed by atoms with Crippen molar-refractivity contribution in [2.75, 3.05) is 13.2 Å². The summed E-state index contributed by atoms with van der Waals surface area (Å²) in [7, 11) is 0. The molecule has 0 aromatic carbocycles. The molecule has 0 amide bonds. The fourth-order valence-corrected chi connectivity index (χ4v) is 2.33. The van der Waals surface area contributed by atoms with E-state index in [1.54, 1.807) is 11.3 Å². The van der Waals surface area contributed by atoms with Gasteiger partial charge in [0.05, 0.1) is 17.2 Å². The van der Waals surface area contributed by atoms with Gasteiger partial charge in [0.2, 0.25) is 0 Å². The number of aliphatic hydroxyl groups excluding tert-OH is 1. The molecule has 1 aliphatic rings. The quantitative estimate of drug-likeness (QED) is 0.750. The molecule has 2 unspecified atom stereocenters. The number of nitrogens with one attached hydrogen (secondary N) is 1. The van der Waals surface area contributed by atoms with Crippen LogP contribution in [0.25, 0.3) is 0 Å². The summed E-state index contributed by atoms with van der Waals surface area (Å²) in [4.78, 5) is 4.28. The van der Waals surface area contributed by atoms with Gasteiger partial charge < -0.3 is 10.4 Å². The number of aliphatic hydroxyl groups is 1. The minimum absolute atomic E-state index is 0.302. The molecule has 2 heterocycles. The summed E-state index contributed by atoms with van der Waals surface area (Å²) < 4.78 is 0. The molecule has 0 bridgehead atoms. The predicted octanol–water partition coefficient (Wildman–Crippen LogP) is 1.18. The topological polar surface area (TPSA) is 45.2 Å². The summed E-state index contributed by atoms with van der Waals surface area (Å²) in [6.45, 7) is 1.22. The molecule has 13 heavy (non-hydrogen) atoms. The molecule has 1 aromatic rings. The number of nitrogens with zero attached hydrogens (tertiary/aromatic N) is 1. The maximum Gasteiger partial charge on any atom is 0.0795 e. The average Bonchev–Trinajstić information content (AvgIpc) is 2.71. The van der Waals surface area contributed by atoms with Crippen LogP contribution in [0, 0.1) is 5.92 Å². The number of piperidine rings is 1. The van der Waals surface area contributed by atoms with Crippen molar-refractivity contribution in [1.82, 2.24) is 10.3 Å². The number of aromatic nitrogens is 1. The molecule has 1 aliphatic heterocycles. The lowest BCUT2D eigenvalue weighted by molar-refractivity contribution is 0.183. The van der Waals surface area contributed by atoms with Gasteiger partial charge in [-0.25, -0.2) is 4.98 Å². The van der Waals surface area contributed by atoms with Gasteiger partial charge in [-0.2, -0.15) is 0 Å². The minimum atomic E-state index is 0.302. The van der Waals surface area contributed by atoms with Crippen LogP contribution < -0.4 is 5.32 Å². The van der Waals surface area contributed by atoms with Crippen LogP contribution in [0.3, 0.4) is 0 Å². The van der Waals surface area contributed by atoms with Gasteiger partial charge >= 0.3 is 0 Å². The van der Waals surface area contributed by atoms with Crippen molar-refractivity contribution >= 4 is 11.3 Å². The summed E-state index contributed by atoms with van der Waals surface area (Å²) in [5.41, 5.74) is 3.02. The van der Waals surface area contributed by atoms with E-state index in [2.05, 4.69) is 15.7 Å². The minimum Gasteiger partial charge on any atom is -0.396 e. The second-order valence-corrected chi connectivity index (χ2v) is 4.22. The van der Waals surface area contributed by atoms with Crippen molar-refractivity contribution in [3.63, 3.8) is 0 Å². The van der Waals surface area contributed by atoms with Crippen molar-refractivity contribution in [3.8, 4) is 0 Å². The van der Waals surface area contributed by atoms with Gasteiger partial charge in [-0.1, -0.05) is 0 Å². The molecular weight excluding hydrogens is 184 g/mol. The maximum absolute atomic E-state index is 8.95. The number of rotatable bonds is 2. The molecule has 1 saturated heterocycles. The van der Waals surface area contributed by atoms with Crippen LogP contribution in [0.2, 0.25) is 0 Å². The third-order valence-electron chi connectivity index (χ3n) is 2.58. The molecule has 2 atom stereocenters. The lowest BCUT2D eigenvalue weighted by Crippen LogP contribution is -2.34. The normalized spacial score (nSPS) is 29.0. The lowest BCUT2D eigenvalue weighted by Gasteiger charge is -2.27. The van der Waals surface area contributed by atoms with E-state index in [1.165, 1.54) is 0 Å². The van der Waals surface area contributed by atoms with E-state index in [1.807, 2.05) is 5.51 Å². The standard InChI is InChI=1S/C9H14N2OS/c12-4-7-1-2-8(10-3-7)9-5-13-6-11-9/h5-8,10,12H,1-4H2. The Labute approximate surface area is 81.8 Å². The Hall–Kier alpha value is -0.450. The molecule has 0 radical (unpaired) electrons. The highest BCUT2D eigenvalue weighted by Crippen LogP contribution is 2.24. The molecule has 2 rings (SSSR count). The first-order valence-corrected chi connectivity index (χ1v) is 5.56. The van der Waals surface area contributed by atoms with Crippen molar-refractivity contribution in [2.45, 2.75) is 18.9 Å². The van der Waals surface area contributed by atoms with Gasteiger partial charge in [-0.05, 0) is 18.8 Å². The van der Waals surface area contributed by atoms with Crippen molar-refractivity contribution in [2.24, 2.45) is 5.92 Å². The first-order chi connectivity index (χ1) is 6.40. The van der Waals surface area contributed by atoms with Crippen LogP contribution in [0.5, 0.6) is 0 Å². The third kappa shape index (κ3) is 2.07. The summed E-state index contributed by atoms with van der Waals surface area (Å²) in [6.07, 6.45) is 2.20. The molecule has 4 heteroatoms. The lowest BCUT2D eigenvalue weighted by atomic mass is 9.94. The van der Waals surface area contributed by atoms with Gasteiger partial charge in [0.15, 0.2) is 0 Å². The molecular formula is C9H14N2OS. The van der Waals surface area contributed by atoms with Gasteiger partial charge in [0.1, 0.15) is 0 Å². The van der Waals surface area contributed by atoms with Crippen LogP contribution in [0.1, 0.15) is 24.6 Å². The molecule has 0 aliphatic carbocycles. The zero-order valence-electron chi connectivity index (χ0n) is 7.44. The zero-order valence-corrected chi connectivity index (χ0v) is 8.26. The monoisotopic (exact) mass is 198 g/mol. The first-order valence-electron chi connectivity index (χ1n) is 4.62. The van der Waals surface area contributed by atoms with E-state index in [-0.39, 0.29) is 0 Å². The average molecular weight is 198 g/mol. The molecule has 0 saturated carbocycles. The van der Waals surface area contributed by atoms with Crippen LogP contribution >= 0.6 is 11.3 Å². The molecule has 3 nitrogen and oxygen atoms in total. The molecule has 1 aromatic heterocycles. The highest BCUT2D eigenvalue weighted by molar-refractivity contribution is 7.07. The SMILES string of the molecule is OCC1CCC(c2cscn2)NC1. The van der Waals surface area contributed by atoms with Gasteiger partial charge in [-0.15, -0.1) is 11.3 Å². The summed E-state index contributed by atoms with van der Waals surface area (Å²) >= 11 is 1.64. The number of hydrogen-bond donors (Lipinski definition) is 2. The second-order valence-electron chi connectivity index (χ2n) is 3.50. The Kier molecular flexibility index (Phi) is 2.93. The van der Waals surface area contributed by atoms with Crippen LogP contribution in [0.4, 0.5) is 0 Å². The van der Waals surface area contributed by atoms with E-state index in [9.17, 15) is 0 Å². The Morgan fingerprint density at radius 1 is 1.62 bits per heavy atom. The Morgan fingerprint density at radius 2 is 2.54 bits per heavy atom. The largest absolute Gasteiger partial charge is 0.396 e. The third-order valence-corrected chi connectivity index (χ3v) is 3.19. The van der Waals surface area contributed by atoms with Crippen LogP contribution in [-0.4, -0.2) is 23.2 Å². The van der Waals surface area contributed by atoms with E-state index >= 15 is 0 Å². The first kappa shape index (κ1) is 9.12. The summed E-state index contributed by atoms with van der Waals surface area (Å²) in [5, 5.41) is 14.5. The number of thiazole rings is 1. The van der Waals surface area contributed by atoms with Crippen LogP contribution in [-0.2, 0) is 0 Å². The fourth-order valence-electron chi connectivity index (χ4n) is 1.72. The highest BCUT2D eigenvalue weighted by Gasteiger charge is 2.21. The molecule has 72 valence electrons. The Bertz CT molecular complexity index is 242. The van der Waals surface area contributed by atoms with Gasteiger partial charge in [0, 0.05) is 18.5 Å². The van der Waals surface area contributed by atoms with E-state index in [0.29, 0.717) is 18.6 Å². The van der Waals surface area contributed by atoms with Gasteiger partial charge in [0.25, 0.3) is 0 Å². The Morgan fingerprint density at radius 3 is 3.08 bits per heavy atom. The Balaban J connectivity index is 1.92. The fraction of sp³-hybridized carbons (Fsp3) is 0.667. The second kappa shape index (κ2) is 4.17. The highest BCUT2D eigenvalue weighted by atomic mass is 32.1. The van der Waals surface area contributed by atoms with Crippen molar-refractivity contribution in [3.05, 3.63) is 16.6 Å². The zero-order chi connectivity index (χ0) is 9.10. The molecule has 2 N–H and O–H groups in total. The van der Waals surface area contributed by atoms with E-state index in [4.69, 9.17) is 5.11 Å². The summed E-state index contributed by atoms with van der Waals surface area (Å²) in [5.74, 6) is 0.440.